The second kappa shape index (κ2) is 5.50. The van der Waals surface area contributed by atoms with Gasteiger partial charge < -0.3 is 5.73 Å². The van der Waals surface area contributed by atoms with Crippen molar-refractivity contribution in [2.75, 3.05) is 7.05 Å². The first-order valence-electron chi connectivity index (χ1n) is 7.38. The highest BCUT2D eigenvalue weighted by atomic mass is 19.1. The molecule has 0 saturated heterocycles. The Labute approximate surface area is 134 Å². The molecule has 0 radical (unpaired) electrons. The first kappa shape index (κ1) is 15.2. The van der Waals surface area contributed by atoms with E-state index in [1.165, 1.54) is 11.0 Å². The summed E-state index contributed by atoms with van der Waals surface area (Å²) in [6.07, 6.45) is 0.227. The molecule has 1 amide bonds. The third kappa shape index (κ3) is 2.70. The Morgan fingerprint density at radius 2 is 1.96 bits per heavy atom. The zero-order valence-electron chi connectivity index (χ0n) is 13.1. The molecule has 0 aromatic heterocycles. The molecule has 1 aliphatic rings. The second-order valence-electron chi connectivity index (χ2n) is 5.93. The molecule has 1 atom stereocenters. The molecule has 0 bridgehead atoms. The summed E-state index contributed by atoms with van der Waals surface area (Å²) < 4.78 is 14.0. The van der Waals surface area contributed by atoms with Crippen LogP contribution in [-0.4, -0.2) is 23.8 Å². The summed E-state index contributed by atoms with van der Waals surface area (Å²) in [6.45, 7) is 1.87. The number of aliphatic imine (C=N–C) groups is 1. The average Bonchev–Trinajstić information content (AvgIpc) is 2.53. The normalized spacial score (nSPS) is 21.3. The summed E-state index contributed by atoms with van der Waals surface area (Å²) in [4.78, 5) is 17.9. The highest BCUT2D eigenvalue weighted by Gasteiger charge is 2.36. The summed E-state index contributed by atoms with van der Waals surface area (Å²) in [5, 5.41) is 0. The third-order valence-corrected chi connectivity index (χ3v) is 4.24. The molecule has 3 rings (SSSR count). The van der Waals surface area contributed by atoms with Crippen molar-refractivity contribution in [2.24, 2.45) is 10.7 Å². The smallest absolute Gasteiger partial charge is 0.231 e. The molecule has 1 heterocycles. The minimum Gasteiger partial charge on any atom is -0.369 e. The maximum Gasteiger partial charge on any atom is 0.231 e. The number of hydrogen-bond donors (Lipinski definition) is 1. The minimum absolute atomic E-state index is 0.0868. The van der Waals surface area contributed by atoms with Gasteiger partial charge in [0.25, 0.3) is 0 Å². The largest absolute Gasteiger partial charge is 0.369 e. The van der Waals surface area contributed by atoms with Gasteiger partial charge in [-0.2, -0.15) is 0 Å². The number of guanidine groups is 1. The summed E-state index contributed by atoms with van der Waals surface area (Å²) in [5.41, 5.74) is 7.22. The van der Waals surface area contributed by atoms with Crippen LogP contribution in [0.15, 0.2) is 53.5 Å². The topological polar surface area (TPSA) is 58.7 Å². The SMILES string of the molecule is CN1C(=O)CC(C)(c2cccc(-c3ccccc3F)c2)N=C1N. The van der Waals surface area contributed by atoms with Crippen LogP contribution in [0.3, 0.4) is 0 Å². The number of halogens is 1. The van der Waals surface area contributed by atoms with Gasteiger partial charge in [-0.15, -0.1) is 0 Å². The summed E-state index contributed by atoms with van der Waals surface area (Å²) >= 11 is 0. The van der Waals surface area contributed by atoms with Crippen LogP contribution in [0.25, 0.3) is 11.1 Å². The molecule has 0 saturated carbocycles. The Balaban J connectivity index is 2.07. The molecule has 1 aliphatic heterocycles. The maximum absolute atomic E-state index is 14.0. The van der Waals surface area contributed by atoms with E-state index in [0.717, 1.165) is 11.1 Å². The van der Waals surface area contributed by atoms with Crippen molar-refractivity contribution in [2.45, 2.75) is 18.9 Å². The average molecular weight is 311 g/mol. The van der Waals surface area contributed by atoms with Gasteiger partial charge >= 0.3 is 0 Å². The van der Waals surface area contributed by atoms with Crippen LogP contribution in [0.2, 0.25) is 0 Å². The number of amides is 1. The Hall–Kier alpha value is -2.69. The number of nitrogens with zero attached hydrogens (tertiary/aromatic N) is 2. The predicted molar refractivity (Wildman–Crippen MR) is 88.2 cm³/mol. The molecule has 5 heteroatoms. The van der Waals surface area contributed by atoms with E-state index in [2.05, 4.69) is 4.99 Å². The van der Waals surface area contributed by atoms with Crippen LogP contribution >= 0.6 is 0 Å². The van der Waals surface area contributed by atoms with E-state index in [1.807, 2.05) is 31.2 Å². The number of benzene rings is 2. The van der Waals surface area contributed by atoms with Crippen LogP contribution in [0, 0.1) is 5.82 Å². The van der Waals surface area contributed by atoms with Crippen molar-refractivity contribution >= 4 is 11.9 Å². The Morgan fingerprint density at radius 3 is 2.65 bits per heavy atom. The van der Waals surface area contributed by atoms with Crippen LogP contribution in [0.1, 0.15) is 18.9 Å². The number of carbonyl (C=O) groups excluding carboxylic acids is 1. The fraction of sp³-hybridized carbons (Fsp3) is 0.222. The number of nitrogens with two attached hydrogens (primary N) is 1. The lowest BCUT2D eigenvalue weighted by Gasteiger charge is -2.33. The summed E-state index contributed by atoms with van der Waals surface area (Å²) in [7, 11) is 1.61. The van der Waals surface area contributed by atoms with Crippen molar-refractivity contribution in [1.29, 1.82) is 0 Å². The first-order valence-corrected chi connectivity index (χ1v) is 7.38. The lowest BCUT2D eigenvalue weighted by atomic mass is 9.86. The molecule has 2 N–H and O–H groups in total. The fourth-order valence-corrected chi connectivity index (χ4v) is 2.79. The van der Waals surface area contributed by atoms with Gasteiger partial charge in [0.05, 0.1) is 12.0 Å². The van der Waals surface area contributed by atoms with Gasteiger partial charge in [0.15, 0.2) is 5.96 Å². The molecule has 118 valence electrons. The standard InChI is InChI=1S/C18H18FN3O/c1-18(11-16(23)22(2)17(20)21-18)13-7-5-6-12(10-13)14-8-3-4-9-15(14)19/h3-10H,11H2,1-2H3,(H2,20,21). The van der Waals surface area contributed by atoms with E-state index < -0.39 is 5.54 Å². The lowest BCUT2D eigenvalue weighted by Crippen LogP contribution is -2.47. The number of rotatable bonds is 2. The van der Waals surface area contributed by atoms with Crippen molar-refractivity contribution < 1.29 is 9.18 Å². The highest BCUT2D eigenvalue weighted by Crippen LogP contribution is 2.35. The van der Waals surface area contributed by atoms with Gasteiger partial charge in [-0.1, -0.05) is 36.4 Å². The van der Waals surface area contributed by atoms with Crippen molar-refractivity contribution in [1.82, 2.24) is 4.90 Å². The molecule has 23 heavy (non-hydrogen) atoms. The van der Waals surface area contributed by atoms with E-state index in [9.17, 15) is 9.18 Å². The number of carbonyl (C=O) groups is 1. The first-order chi connectivity index (χ1) is 10.9. The van der Waals surface area contributed by atoms with Crippen LogP contribution < -0.4 is 5.73 Å². The van der Waals surface area contributed by atoms with Crippen LogP contribution in [0.4, 0.5) is 4.39 Å². The molecular formula is C18H18FN3O. The van der Waals surface area contributed by atoms with E-state index in [4.69, 9.17) is 5.73 Å². The molecule has 1 unspecified atom stereocenters. The molecule has 0 spiro atoms. The van der Waals surface area contributed by atoms with Gasteiger partial charge in [-0.3, -0.25) is 9.69 Å². The second-order valence-corrected chi connectivity index (χ2v) is 5.93. The van der Waals surface area contributed by atoms with Gasteiger partial charge in [0.1, 0.15) is 5.82 Å². The maximum atomic E-state index is 14.0. The summed E-state index contributed by atoms with van der Waals surface area (Å²) in [5.74, 6) is -0.173. The molecule has 2 aromatic rings. The van der Waals surface area contributed by atoms with Crippen molar-refractivity contribution in [3.8, 4) is 11.1 Å². The van der Waals surface area contributed by atoms with E-state index in [0.29, 0.717) is 5.56 Å². The minimum atomic E-state index is -0.741. The molecule has 0 fully saturated rings. The Bertz CT molecular complexity index is 802. The molecule has 0 aliphatic carbocycles. The predicted octanol–water partition coefficient (Wildman–Crippen LogP) is 2.88. The zero-order chi connectivity index (χ0) is 16.6. The van der Waals surface area contributed by atoms with E-state index in [-0.39, 0.29) is 24.1 Å². The molecule has 4 nitrogen and oxygen atoms in total. The van der Waals surface area contributed by atoms with Gasteiger partial charge in [-0.25, -0.2) is 9.38 Å². The monoisotopic (exact) mass is 311 g/mol. The lowest BCUT2D eigenvalue weighted by molar-refractivity contribution is -0.128. The fourth-order valence-electron chi connectivity index (χ4n) is 2.79. The Kier molecular flexibility index (Phi) is 3.64. The van der Waals surface area contributed by atoms with Crippen LogP contribution in [-0.2, 0) is 10.3 Å². The van der Waals surface area contributed by atoms with Crippen molar-refractivity contribution in [3.63, 3.8) is 0 Å². The summed E-state index contributed by atoms with van der Waals surface area (Å²) in [6, 6.07) is 14.1. The van der Waals surface area contributed by atoms with Gasteiger partial charge in [-0.05, 0) is 30.2 Å². The van der Waals surface area contributed by atoms with Crippen LogP contribution in [0.5, 0.6) is 0 Å². The molecule has 2 aromatic carbocycles. The van der Waals surface area contributed by atoms with Crippen molar-refractivity contribution in [3.05, 3.63) is 59.9 Å². The highest BCUT2D eigenvalue weighted by molar-refractivity contribution is 5.98. The zero-order valence-corrected chi connectivity index (χ0v) is 13.1. The quantitative estimate of drug-likeness (QED) is 0.927. The van der Waals surface area contributed by atoms with Gasteiger partial charge in [0.2, 0.25) is 5.91 Å². The Morgan fingerprint density at radius 1 is 1.22 bits per heavy atom. The van der Waals surface area contributed by atoms with Gasteiger partial charge in [0, 0.05) is 12.6 Å². The van der Waals surface area contributed by atoms with E-state index in [1.54, 1.807) is 25.2 Å². The number of hydrogen-bond acceptors (Lipinski definition) is 3. The molecular weight excluding hydrogens is 293 g/mol. The third-order valence-electron chi connectivity index (χ3n) is 4.24. The van der Waals surface area contributed by atoms with E-state index >= 15 is 0 Å².